The van der Waals surface area contributed by atoms with E-state index >= 15 is 0 Å². The highest BCUT2D eigenvalue weighted by atomic mass is 16.5. The largest absolute Gasteiger partial charge is 0.497 e. The van der Waals surface area contributed by atoms with Crippen molar-refractivity contribution in [2.24, 2.45) is 0 Å². The van der Waals surface area contributed by atoms with Gasteiger partial charge in [-0.15, -0.1) is 0 Å². The molecule has 1 N–H and O–H groups in total. The summed E-state index contributed by atoms with van der Waals surface area (Å²) in [5.74, 6) is 1.17. The van der Waals surface area contributed by atoms with E-state index in [0.717, 1.165) is 17.0 Å². The van der Waals surface area contributed by atoms with Gasteiger partial charge in [-0.2, -0.15) is 5.10 Å². The van der Waals surface area contributed by atoms with Gasteiger partial charge in [0.15, 0.2) is 6.61 Å². The van der Waals surface area contributed by atoms with E-state index in [9.17, 15) is 4.79 Å². The molecule has 0 saturated heterocycles. The maximum atomic E-state index is 11.8. The number of aromatic nitrogens is 2. The van der Waals surface area contributed by atoms with Crippen LogP contribution in [-0.4, -0.2) is 29.2 Å². The highest BCUT2D eigenvalue weighted by Crippen LogP contribution is 2.16. The summed E-state index contributed by atoms with van der Waals surface area (Å²) < 4.78 is 12.3. The second-order valence-electron chi connectivity index (χ2n) is 4.95. The first kappa shape index (κ1) is 14.9. The van der Waals surface area contributed by atoms with Crippen LogP contribution in [0, 0.1) is 0 Å². The molecule has 2 heterocycles. The Labute approximate surface area is 133 Å². The third-order valence-electron chi connectivity index (χ3n) is 3.32. The quantitative estimate of drug-likeness (QED) is 0.756. The summed E-state index contributed by atoms with van der Waals surface area (Å²) in [6, 6.07) is 14.8. The van der Waals surface area contributed by atoms with Gasteiger partial charge in [0, 0.05) is 6.20 Å². The maximum absolute atomic E-state index is 11.8. The molecule has 3 rings (SSSR count). The number of nitrogens with zero attached hydrogens (tertiary/aromatic N) is 2. The van der Waals surface area contributed by atoms with Crippen LogP contribution >= 0.6 is 0 Å². The van der Waals surface area contributed by atoms with E-state index in [-0.39, 0.29) is 12.5 Å². The second kappa shape index (κ2) is 6.83. The number of ether oxygens (including phenoxy) is 2. The monoisotopic (exact) mass is 311 g/mol. The molecule has 6 heteroatoms. The van der Waals surface area contributed by atoms with Crippen molar-refractivity contribution in [3.8, 4) is 11.5 Å². The van der Waals surface area contributed by atoms with Gasteiger partial charge >= 0.3 is 0 Å². The predicted octanol–water partition coefficient (Wildman–Crippen LogP) is 2.04. The normalized spacial score (nSPS) is 10.5. The molecule has 2 aromatic heterocycles. The van der Waals surface area contributed by atoms with E-state index < -0.39 is 0 Å². The van der Waals surface area contributed by atoms with Crippen molar-refractivity contribution in [1.82, 2.24) is 14.9 Å². The number of hydrogen-bond acceptors (Lipinski definition) is 4. The van der Waals surface area contributed by atoms with Crippen LogP contribution < -0.4 is 14.8 Å². The predicted molar refractivity (Wildman–Crippen MR) is 85.5 cm³/mol. The Morgan fingerprint density at radius 3 is 2.70 bits per heavy atom. The molecule has 0 atom stereocenters. The van der Waals surface area contributed by atoms with Gasteiger partial charge in [0.25, 0.3) is 5.91 Å². The van der Waals surface area contributed by atoms with Gasteiger partial charge < -0.3 is 14.8 Å². The number of carbonyl (C=O) groups is 1. The first-order valence-corrected chi connectivity index (χ1v) is 7.21. The van der Waals surface area contributed by atoms with Crippen LogP contribution in [0.15, 0.2) is 54.7 Å². The summed E-state index contributed by atoms with van der Waals surface area (Å²) in [5.41, 5.74) is 1.79. The zero-order valence-electron chi connectivity index (χ0n) is 12.7. The third kappa shape index (κ3) is 3.79. The Bertz CT molecular complexity index is 763. The number of fused-ring (bicyclic) bond motifs is 1. The molecule has 0 aliphatic heterocycles. The zero-order valence-corrected chi connectivity index (χ0v) is 12.7. The molecule has 0 saturated carbocycles. The molecule has 23 heavy (non-hydrogen) atoms. The molecule has 1 aromatic carbocycles. The zero-order chi connectivity index (χ0) is 16.1. The lowest BCUT2D eigenvalue weighted by atomic mass is 10.3. The van der Waals surface area contributed by atoms with Gasteiger partial charge in [-0.25, -0.2) is 4.52 Å². The number of nitrogens with one attached hydrogen (secondary N) is 1. The van der Waals surface area contributed by atoms with Crippen molar-refractivity contribution in [3.05, 3.63) is 60.4 Å². The molecule has 0 spiro atoms. The summed E-state index contributed by atoms with van der Waals surface area (Å²) in [6.07, 6.45) is 1.87. The van der Waals surface area contributed by atoms with Crippen LogP contribution in [-0.2, 0) is 11.3 Å². The van der Waals surface area contributed by atoms with Crippen LogP contribution in [0.5, 0.6) is 11.5 Å². The van der Waals surface area contributed by atoms with Gasteiger partial charge in [0.1, 0.15) is 11.5 Å². The van der Waals surface area contributed by atoms with E-state index in [1.54, 1.807) is 35.9 Å². The molecule has 0 aliphatic rings. The average Bonchev–Trinajstić information content (AvgIpc) is 3.01. The Balaban J connectivity index is 1.49. The molecule has 118 valence electrons. The summed E-state index contributed by atoms with van der Waals surface area (Å²) in [4.78, 5) is 11.8. The smallest absolute Gasteiger partial charge is 0.258 e. The standard InChI is InChI=1S/C17H17N3O3/c1-22-15-5-7-16(8-6-15)23-12-17(21)18-11-13-10-14-4-2-3-9-20(14)19-13/h2-10H,11-12H2,1H3,(H,18,21). The van der Waals surface area contributed by atoms with Gasteiger partial charge in [-0.1, -0.05) is 6.07 Å². The van der Waals surface area contributed by atoms with Gasteiger partial charge in [0.05, 0.1) is 24.9 Å². The fourth-order valence-electron chi connectivity index (χ4n) is 2.14. The molecule has 3 aromatic rings. The van der Waals surface area contributed by atoms with Gasteiger partial charge in [-0.05, 0) is 42.5 Å². The molecule has 0 fully saturated rings. The van der Waals surface area contributed by atoms with Crippen LogP contribution in [0.25, 0.3) is 5.52 Å². The number of pyridine rings is 1. The van der Waals surface area contributed by atoms with Crippen molar-refractivity contribution in [2.75, 3.05) is 13.7 Å². The summed E-state index contributed by atoms with van der Waals surface area (Å²) in [7, 11) is 1.60. The maximum Gasteiger partial charge on any atom is 0.258 e. The number of methoxy groups -OCH3 is 1. The van der Waals surface area contributed by atoms with E-state index in [2.05, 4.69) is 10.4 Å². The first-order valence-electron chi connectivity index (χ1n) is 7.21. The number of hydrogen-bond donors (Lipinski definition) is 1. The fourth-order valence-corrected chi connectivity index (χ4v) is 2.14. The van der Waals surface area contributed by atoms with Crippen molar-refractivity contribution in [3.63, 3.8) is 0 Å². The van der Waals surface area contributed by atoms with Gasteiger partial charge in [-0.3, -0.25) is 4.79 Å². The third-order valence-corrected chi connectivity index (χ3v) is 3.32. The number of rotatable bonds is 6. The minimum atomic E-state index is -0.196. The molecular formula is C17H17N3O3. The molecule has 1 amide bonds. The first-order chi connectivity index (χ1) is 11.2. The lowest BCUT2D eigenvalue weighted by molar-refractivity contribution is -0.123. The van der Waals surface area contributed by atoms with E-state index in [1.165, 1.54) is 0 Å². The van der Waals surface area contributed by atoms with Crippen LogP contribution in [0.2, 0.25) is 0 Å². The highest BCUT2D eigenvalue weighted by Gasteiger charge is 2.05. The fraction of sp³-hybridized carbons (Fsp3) is 0.176. The van der Waals surface area contributed by atoms with Crippen molar-refractivity contribution < 1.29 is 14.3 Å². The van der Waals surface area contributed by atoms with Crippen LogP contribution in [0.4, 0.5) is 0 Å². The molecule has 6 nitrogen and oxygen atoms in total. The van der Waals surface area contributed by atoms with Crippen molar-refractivity contribution in [1.29, 1.82) is 0 Å². The minimum Gasteiger partial charge on any atom is -0.497 e. The Morgan fingerprint density at radius 2 is 1.96 bits per heavy atom. The molecule has 0 aliphatic carbocycles. The average molecular weight is 311 g/mol. The van der Waals surface area contributed by atoms with Crippen LogP contribution in [0.1, 0.15) is 5.69 Å². The summed E-state index contributed by atoms with van der Waals surface area (Å²) in [5, 5.41) is 7.16. The molecule has 0 bridgehead atoms. The Kier molecular flexibility index (Phi) is 4.42. The molecular weight excluding hydrogens is 294 g/mol. The number of amides is 1. The Hall–Kier alpha value is -3.02. The molecule has 0 radical (unpaired) electrons. The number of carbonyl (C=O) groups excluding carboxylic acids is 1. The SMILES string of the molecule is COc1ccc(OCC(=O)NCc2cc3ccccn3n2)cc1. The summed E-state index contributed by atoms with van der Waals surface area (Å²) in [6.45, 7) is 0.326. The lowest BCUT2D eigenvalue weighted by Crippen LogP contribution is -2.28. The topological polar surface area (TPSA) is 64.9 Å². The van der Waals surface area contributed by atoms with E-state index in [4.69, 9.17) is 9.47 Å². The highest BCUT2D eigenvalue weighted by molar-refractivity contribution is 5.77. The van der Waals surface area contributed by atoms with Crippen LogP contribution in [0.3, 0.4) is 0 Å². The molecule has 0 unspecified atom stereocenters. The van der Waals surface area contributed by atoms with E-state index in [0.29, 0.717) is 12.3 Å². The second-order valence-corrected chi connectivity index (χ2v) is 4.95. The van der Waals surface area contributed by atoms with E-state index in [1.807, 2.05) is 30.5 Å². The minimum absolute atomic E-state index is 0.0420. The van der Waals surface area contributed by atoms with Crippen molar-refractivity contribution >= 4 is 11.4 Å². The lowest BCUT2D eigenvalue weighted by Gasteiger charge is -2.07. The van der Waals surface area contributed by atoms with Gasteiger partial charge in [0.2, 0.25) is 0 Å². The summed E-state index contributed by atoms with van der Waals surface area (Å²) >= 11 is 0. The van der Waals surface area contributed by atoms with Crippen molar-refractivity contribution in [2.45, 2.75) is 6.54 Å². The Morgan fingerprint density at radius 1 is 1.17 bits per heavy atom. The number of benzene rings is 1.